The van der Waals surface area contributed by atoms with Gasteiger partial charge < -0.3 is 9.84 Å². The van der Waals surface area contributed by atoms with Crippen LogP contribution < -0.4 is 5.56 Å². The average molecular weight is 312 g/mol. The van der Waals surface area contributed by atoms with Crippen molar-refractivity contribution < 1.29 is 9.84 Å². The van der Waals surface area contributed by atoms with Crippen molar-refractivity contribution in [2.24, 2.45) is 0 Å². The summed E-state index contributed by atoms with van der Waals surface area (Å²) >= 11 is 5.87. The summed E-state index contributed by atoms with van der Waals surface area (Å²) in [6.45, 7) is 1.18. The monoisotopic (exact) mass is 311 g/mol. The molecule has 2 rings (SSSR count). The molecule has 2 aromatic heterocycles. The summed E-state index contributed by atoms with van der Waals surface area (Å²) in [5.41, 5.74) is 1.02. The highest BCUT2D eigenvalue weighted by molar-refractivity contribution is 6.30. The van der Waals surface area contributed by atoms with Gasteiger partial charge in [0.05, 0.1) is 23.4 Å². The van der Waals surface area contributed by atoms with Gasteiger partial charge in [-0.3, -0.25) is 14.1 Å². The van der Waals surface area contributed by atoms with E-state index in [4.69, 9.17) is 16.3 Å². The molecular formula is C14H18ClN3O3. The molecule has 6 nitrogen and oxygen atoms in total. The molecule has 0 aromatic carbocycles. The third kappa shape index (κ3) is 4.25. The van der Waals surface area contributed by atoms with Crippen LogP contribution in [0.5, 0.6) is 0 Å². The highest BCUT2D eigenvalue weighted by Crippen LogP contribution is 2.09. The van der Waals surface area contributed by atoms with Crippen molar-refractivity contribution in [2.75, 3.05) is 27.3 Å². The molecule has 0 radical (unpaired) electrons. The molecule has 0 bridgehead atoms. The number of ether oxygens (including phenoxy) is 1. The van der Waals surface area contributed by atoms with Crippen LogP contribution in [-0.2, 0) is 11.3 Å². The lowest BCUT2D eigenvalue weighted by atomic mass is 10.3. The van der Waals surface area contributed by atoms with Crippen molar-refractivity contribution in [1.29, 1.82) is 0 Å². The number of nitrogens with zero attached hydrogens (tertiary/aromatic N) is 3. The zero-order valence-electron chi connectivity index (χ0n) is 12.0. The van der Waals surface area contributed by atoms with Gasteiger partial charge in [-0.25, -0.2) is 4.98 Å². The molecule has 0 spiro atoms. The first-order valence-corrected chi connectivity index (χ1v) is 6.91. The van der Waals surface area contributed by atoms with Crippen LogP contribution in [0.25, 0.3) is 5.65 Å². The van der Waals surface area contributed by atoms with Crippen molar-refractivity contribution in [3.05, 3.63) is 45.5 Å². The topological polar surface area (TPSA) is 67.1 Å². The van der Waals surface area contributed by atoms with E-state index in [1.54, 1.807) is 25.4 Å². The maximum atomic E-state index is 12.0. The van der Waals surface area contributed by atoms with E-state index in [-0.39, 0.29) is 12.2 Å². The SMILES string of the molecule is COCC(O)CN(C)Cc1cc(=O)n2cc(Cl)ccc2n1. The van der Waals surface area contributed by atoms with Crippen LogP contribution in [0.2, 0.25) is 5.02 Å². The number of likely N-dealkylation sites (N-methyl/N-ethyl adjacent to an activating group) is 1. The second-order valence-electron chi connectivity index (χ2n) is 4.97. The summed E-state index contributed by atoms with van der Waals surface area (Å²) in [6.07, 6.45) is 0.975. The molecule has 1 atom stereocenters. The lowest BCUT2D eigenvalue weighted by Gasteiger charge is -2.19. The highest BCUT2D eigenvalue weighted by Gasteiger charge is 2.10. The van der Waals surface area contributed by atoms with Crippen LogP contribution in [0.4, 0.5) is 0 Å². The molecule has 0 aliphatic rings. The minimum absolute atomic E-state index is 0.177. The van der Waals surface area contributed by atoms with Crippen molar-refractivity contribution >= 4 is 17.2 Å². The third-order valence-corrected chi connectivity index (χ3v) is 3.21. The van der Waals surface area contributed by atoms with Crippen LogP contribution in [-0.4, -0.2) is 52.8 Å². The molecule has 0 saturated carbocycles. The van der Waals surface area contributed by atoms with Crippen LogP contribution in [0.1, 0.15) is 5.69 Å². The quantitative estimate of drug-likeness (QED) is 0.854. The van der Waals surface area contributed by atoms with Gasteiger partial charge >= 0.3 is 0 Å². The minimum Gasteiger partial charge on any atom is -0.389 e. The first-order chi connectivity index (χ1) is 9.99. The molecule has 21 heavy (non-hydrogen) atoms. The number of pyridine rings is 1. The maximum Gasteiger partial charge on any atom is 0.258 e. The molecule has 7 heteroatoms. The Morgan fingerprint density at radius 2 is 2.29 bits per heavy atom. The standard InChI is InChI=1S/C14H18ClN3O3/c1-17(8-12(19)9-21-2)7-11-5-14(20)18-6-10(15)3-4-13(18)16-11/h3-6,12,19H,7-9H2,1-2H3. The lowest BCUT2D eigenvalue weighted by molar-refractivity contribution is 0.0417. The fourth-order valence-corrected chi connectivity index (χ4v) is 2.31. The van der Waals surface area contributed by atoms with Gasteiger partial charge in [0.15, 0.2) is 0 Å². The Morgan fingerprint density at radius 1 is 1.52 bits per heavy atom. The number of halogens is 1. The molecule has 0 fully saturated rings. The van der Waals surface area contributed by atoms with Crippen LogP contribution in [0.15, 0.2) is 29.2 Å². The fourth-order valence-electron chi connectivity index (χ4n) is 2.15. The molecule has 0 saturated heterocycles. The predicted molar refractivity (Wildman–Crippen MR) is 80.7 cm³/mol. The Balaban J connectivity index is 2.16. The molecule has 2 heterocycles. The second-order valence-corrected chi connectivity index (χ2v) is 5.40. The van der Waals surface area contributed by atoms with Crippen molar-refractivity contribution in [1.82, 2.24) is 14.3 Å². The minimum atomic E-state index is -0.569. The van der Waals surface area contributed by atoms with Gasteiger partial charge in [0, 0.05) is 32.5 Å². The maximum absolute atomic E-state index is 12.0. The summed E-state index contributed by atoms with van der Waals surface area (Å²) < 4.78 is 6.29. The number of rotatable bonds is 6. The highest BCUT2D eigenvalue weighted by atomic mass is 35.5. The Morgan fingerprint density at radius 3 is 3.00 bits per heavy atom. The first kappa shape index (κ1) is 15.9. The second kappa shape index (κ2) is 7.00. The van der Waals surface area contributed by atoms with E-state index >= 15 is 0 Å². The first-order valence-electron chi connectivity index (χ1n) is 6.53. The van der Waals surface area contributed by atoms with Gasteiger partial charge in [-0.2, -0.15) is 0 Å². The van der Waals surface area contributed by atoms with E-state index in [1.807, 2.05) is 11.9 Å². The third-order valence-electron chi connectivity index (χ3n) is 2.99. The number of aromatic nitrogens is 2. The predicted octanol–water partition coefficient (Wildman–Crippen LogP) is 0.787. The number of aliphatic hydroxyl groups is 1. The van der Waals surface area contributed by atoms with E-state index in [9.17, 15) is 9.90 Å². The smallest absolute Gasteiger partial charge is 0.258 e. The molecule has 0 amide bonds. The summed E-state index contributed by atoms with van der Waals surface area (Å²) in [5, 5.41) is 10.2. The van der Waals surface area contributed by atoms with Crippen LogP contribution in [0, 0.1) is 0 Å². The van der Waals surface area contributed by atoms with Gasteiger partial charge in [0.2, 0.25) is 0 Å². The number of hydrogen-bond acceptors (Lipinski definition) is 5. The number of methoxy groups -OCH3 is 1. The van der Waals surface area contributed by atoms with Crippen LogP contribution in [0.3, 0.4) is 0 Å². The van der Waals surface area contributed by atoms with Crippen molar-refractivity contribution in [2.45, 2.75) is 12.6 Å². The lowest BCUT2D eigenvalue weighted by Crippen LogP contribution is -2.32. The van der Waals surface area contributed by atoms with Crippen molar-refractivity contribution in [3.8, 4) is 0 Å². The van der Waals surface area contributed by atoms with Gasteiger partial charge in [-0.15, -0.1) is 0 Å². The summed E-state index contributed by atoms with van der Waals surface area (Å²) in [6, 6.07) is 4.87. The van der Waals surface area contributed by atoms with Gasteiger partial charge in [0.25, 0.3) is 5.56 Å². The summed E-state index contributed by atoms with van der Waals surface area (Å²) in [5.74, 6) is 0. The Kier molecular flexibility index (Phi) is 5.30. The molecule has 114 valence electrons. The molecule has 1 unspecified atom stereocenters. The number of hydrogen-bond donors (Lipinski definition) is 1. The van der Waals surface area contributed by atoms with E-state index < -0.39 is 6.10 Å². The zero-order chi connectivity index (χ0) is 15.4. The van der Waals surface area contributed by atoms with Gasteiger partial charge in [-0.1, -0.05) is 11.6 Å². The Hall–Kier alpha value is -1.47. The average Bonchev–Trinajstić information content (AvgIpc) is 2.39. The molecule has 0 aliphatic heterocycles. The van der Waals surface area contributed by atoms with Gasteiger partial charge in [-0.05, 0) is 19.2 Å². The fraction of sp³-hybridized carbons (Fsp3) is 0.429. The molecule has 2 aromatic rings. The van der Waals surface area contributed by atoms with E-state index in [2.05, 4.69) is 4.98 Å². The van der Waals surface area contributed by atoms with E-state index in [0.29, 0.717) is 29.5 Å². The van der Waals surface area contributed by atoms with Gasteiger partial charge in [0.1, 0.15) is 5.65 Å². The molecule has 1 N–H and O–H groups in total. The molecular weight excluding hydrogens is 294 g/mol. The summed E-state index contributed by atoms with van der Waals surface area (Å²) in [4.78, 5) is 18.3. The number of aliphatic hydroxyl groups excluding tert-OH is 1. The van der Waals surface area contributed by atoms with E-state index in [0.717, 1.165) is 0 Å². The Bertz CT molecular complexity index is 674. The largest absolute Gasteiger partial charge is 0.389 e. The molecule has 0 aliphatic carbocycles. The van der Waals surface area contributed by atoms with E-state index in [1.165, 1.54) is 10.5 Å². The van der Waals surface area contributed by atoms with Crippen LogP contribution >= 0.6 is 11.6 Å². The normalized spacial score (nSPS) is 13.0. The zero-order valence-corrected chi connectivity index (χ0v) is 12.7. The number of fused-ring (bicyclic) bond motifs is 1. The Labute approximate surface area is 127 Å². The summed E-state index contributed by atoms with van der Waals surface area (Å²) in [7, 11) is 3.39. The van der Waals surface area contributed by atoms with Crippen molar-refractivity contribution in [3.63, 3.8) is 0 Å².